The van der Waals surface area contributed by atoms with E-state index in [-0.39, 0.29) is 5.56 Å². The summed E-state index contributed by atoms with van der Waals surface area (Å²) in [4.78, 5) is 21.7. The fourth-order valence-corrected chi connectivity index (χ4v) is 1.25. The molecule has 1 aromatic rings. The summed E-state index contributed by atoms with van der Waals surface area (Å²) in [6, 6.07) is 3.58. The van der Waals surface area contributed by atoms with Crippen molar-refractivity contribution in [3.05, 3.63) is 29.8 Å². The van der Waals surface area contributed by atoms with E-state index in [0.717, 1.165) is 24.3 Å². The van der Waals surface area contributed by atoms with E-state index in [9.17, 15) is 40.3 Å². The van der Waals surface area contributed by atoms with E-state index in [1.807, 2.05) is 0 Å². The van der Waals surface area contributed by atoms with Crippen LogP contribution in [0.3, 0.4) is 0 Å². The number of rotatable bonds is 4. The van der Waals surface area contributed by atoms with Crippen molar-refractivity contribution in [3.63, 3.8) is 0 Å². The average molecular weight is 332 g/mol. The van der Waals surface area contributed by atoms with Crippen LogP contribution in [-0.4, -0.2) is 29.8 Å². The third-order valence-electron chi connectivity index (χ3n) is 2.46. The number of hydrogen-bond donors (Lipinski definition) is 2. The molecule has 3 N–H and O–H groups in total. The molecule has 0 saturated carbocycles. The first-order chi connectivity index (χ1) is 9.80. The van der Waals surface area contributed by atoms with Gasteiger partial charge < -0.3 is 11.1 Å². The molecule has 0 fully saturated rings. The van der Waals surface area contributed by atoms with E-state index in [1.165, 1.54) is 5.32 Å². The Labute approximate surface area is 118 Å². The number of anilines is 1. The van der Waals surface area contributed by atoms with Crippen molar-refractivity contribution in [2.24, 2.45) is 5.73 Å². The number of nitrogens with one attached hydrogen (secondary N) is 1. The largest absolute Gasteiger partial charge is 0.460 e. The van der Waals surface area contributed by atoms with Crippen LogP contribution in [0.5, 0.6) is 0 Å². The Balaban J connectivity index is 2.98. The van der Waals surface area contributed by atoms with Crippen molar-refractivity contribution in [2.45, 2.75) is 18.0 Å². The van der Waals surface area contributed by atoms with Gasteiger partial charge in [0.15, 0.2) is 0 Å². The molecule has 0 aliphatic carbocycles. The van der Waals surface area contributed by atoms with E-state index >= 15 is 0 Å². The fraction of sp³-hybridized carbons (Fsp3) is 0.273. The number of carbonyl (C=O) groups excluding carboxylic acids is 2. The number of hydrogen-bond acceptors (Lipinski definition) is 2. The molecule has 0 spiro atoms. The highest BCUT2D eigenvalue weighted by atomic mass is 19.4. The predicted molar refractivity (Wildman–Crippen MR) is 59.5 cm³/mol. The number of halogens is 7. The third kappa shape index (κ3) is 3.12. The summed E-state index contributed by atoms with van der Waals surface area (Å²) in [5.41, 5.74) is 4.26. The number of benzene rings is 1. The lowest BCUT2D eigenvalue weighted by Crippen LogP contribution is -2.57. The molecule has 1 aromatic carbocycles. The molecule has 4 nitrogen and oxygen atoms in total. The van der Waals surface area contributed by atoms with Crippen LogP contribution in [0.4, 0.5) is 36.4 Å². The van der Waals surface area contributed by atoms with Gasteiger partial charge in [-0.1, -0.05) is 0 Å². The van der Waals surface area contributed by atoms with Crippen LogP contribution in [0.2, 0.25) is 0 Å². The molecule has 122 valence electrons. The van der Waals surface area contributed by atoms with E-state index in [1.54, 1.807) is 0 Å². The number of amides is 2. The Morgan fingerprint density at radius 3 is 1.73 bits per heavy atom. The molecular formula is C11H7F7N2O2. The zero-order valence-electron chi connectivity index (χ0n) is 10.3. The lowest BCUT2D eigenvalue weighted by Gasteiger charge is -2.27. The van der Waals surface area contributed by atoms with Crippen LogP contribution >= 0.6 is 0 Å². The maximum atomic E-state index is 13.0. The van der Waals surface area contributed by atoms with Gasteiger partial charge in [0.05, 0.1) is 0 Å². The molecule has 0 atom stereocenters. The van der Waals surface area contributed by atoms with Gasteiger partial charge in [-0.05, 0) is 24.3 Å². The number of carbonyl (C=O) groups is 2. The molecule has 0 radical (unpaired) electrons. The topological polar surface area (TPSA) is 72.2 Å². The van der Waals surface area contributed by atoms with Crippen molar-refractivity contribution < 1.29 is 40.3 Å². The van der Waals surface area contributed by atoms with Gasteiger partial charge in [0.2, 0.25) is 5.91 Å². The molecule has 0 heterocycles. The Bertz CT molecular complexity index is 581. The molecule has 0 aliphatic rings. The molecule has 0 aromatic heterocycles. The van der Waals surface area contributed by atoms with Gasteiger partial charge in [-0.15, -0.1) is 0 Å². The molecule has 0 saturated heterocycles. The second-order valence-electron chi connectivity index (χ2n) is 4.04. The maximum absolute atomic E-state index is 13.0. The predicted octanol–water partition coefficient (Wildman–Crippen LogP) is 2.56. The van der Waals surface area contributed by atoms with E-state index < -0.39 is 35.5 Å². The van der Waals surface area contributed by atoms with Crippen molar-refractivity contribution in [3.8, 4) is 0 Å². The van der Waals surface area contributed by atoms with Crippen molar-refractivity contribution >= 4 is 17.5 Å². The highest BCUT2D eigenvalue weighted by molar-refractivity contribution is 5.98. The zero-order valence-corrected chi connectivity index (χ0v) is 10.3. The molecule has 22 heavy (non-hydrogen) atoms. The van der Waals surface area contributed by atoms with Crippen LogP contribution in [0.1, 0.15) is 10.4 Å². The minimum atomic E-state index is -6.61. The Kier molecular flexibility index (Phi) is 4.40. The molecule has 0 aliphatic heterocycles. The number of nitrogens with two attached hydrogens (primary N) is 1. The molecule has 0 unspecified atom stereocenters. The van der Waals surface area contributed by atoms with Gasteiger partial charge >= 0.3 is 23.9 Å². The van der Waals surface area contributed by atoms with Crippen molar-refractivity contribution in [1.82, 2.24) is 0 Å². The fourth-order valence-electron chi connectivity index (χ4n) is 1.25. The molecule has 0 bridgehead atoms. The SMILES string of the molecule is NC(=O)c1ccc(NC(=O)C(F)(F)C(F)(F)C(F)(F)F)cc1. The maximum Gasteiger partial charge on any atom is 0.460 e. The molecule has 11 heteroatoms. The van der Waals surface area contributed by atoms with Crippen LogP contribution in [0.25, 0.3) is 0 Å². The average Bonchev–Trinajstić information content (AvgIpc) is 2.37. The summed E-state index contributed by atoms with van der Waals surface area (Å²) in [6.45, 7) is 0. The highest BCUT2D eigenvalue weighted by Gasteiger charge is 2.76. The molecular weight excluding hydrogens is 325 g/mol. The summed E-state index contributed by atoms with van der Waals surface area (Å²) in [5.74, 6) is -16.3. The third-order valence-corrected chi connectivity index (χ3v) is 2.46. The van der Waals surface area contributed by atoms with Gasteiger partial charge in [0.25, 0.3) is 0 Å². The summed E-state index contributed by atoms with van der Waals surface area (Å²) >= 11 is 0. The van der Waals surface area contributed by atoms with E-state index in [2.05, 4.69) is 0 Å². The number of alkyl halides is 7. The Hall–Kier alpha value is -2.33. The monoisotopic (exact) mass is 332 g/mol. The van der Waals surface area contributed by atoms with Crippen LogP contribution in [0, 0.1) is 0 Å². The zero-order chi connectivity index (χ0) is 17.3. The van der Waals surface area contributed by atoms with Gasteiger partial charge in [-0.25, -0.2) is 0 Å². The van der Waals surface area contributed by atoms with Crippen LogP contribution in [-0.2, 0) is 4.79 Å². The van der Waals surface area contributed by atoms with Gasteiger partial charge in [0, 0.05) is 11.3 Å². The first-order valence-corrected chi connectivity index (χ1v) is 5.34. The van der Waals surface area contributed by atoms with Gasteiger partial charge in [-0.3, -0.25) is 9.59 Å². The van der Waals surface area contributed by atoms with Crippen LogP contribution < -0.4 is 11.1 Å². The second-order valence-corrected chi connectivity index (χ2v) is 4.04. The number of primary amides is 1. The van der Waals surface area contributed by atoms with Crippen molar-refractivity contribution in [2.75, 3.05) is 5.32 Å². The summed E-state index contributed by atoms with van der Waals surface area (Å²) < 4.78 is 87.1. The lowest BCUT2D eigenvalue weighted by molar-refractivity contribution is -0.343. The minimum absolute atomic E-state index is 0.0922. The second kappa shape index (κ2) is 5.46. The first kappa shape index (κ1) is 17.7. The summed E-state index contributed by atoms with van der Waals surface area (Å²) in [6.07, 6.45) is -6.61. The van der Waals surface area contributed by atoms with Gasteiger partial charge in [-0.2, -0.15) is 30.7 Å². The lowest BCUT2D eigenvalue weighted by atomic mass is 10.1. The Morgan fingerprint density at radius 2 is 1.36 bits per heavy atom. The van der Waals surface area contributed by atoms with Gasteiger partial charge in [0.1, 0.15) is 0 Å². The van der Waals surface area contributed by atoms with E-state index in [0.29, 0.717) is 0 Å². The molecule has 2 amide bonds. The summed E-state index contributed by atoms with van der Waals surface area (Å²) in [5, 5.41) is 1.21. The standard InChI is InChI=1S/C11H7F7N2O2/c12-9(13,10(14,15)11(16,17)18)8(22)20-6-3-1-5(2-4-6)7(19)21/h1-4H,(H2,19,21)(H,20,22). The van der Waals surface area contributed by atoms with E-state index in [4.69, 9.17) is 5.73 Å². The first-order valence-electron chi connectivity index (χ1n) is 5.34. The van der Waals surface area contributed by atoms with Crippen LogP contribution in [0.15, 0.2) is 24.3 Å². The minimum Gasteiger partial charge on any atom is -0.366 e. The molecule has 1 rings (SSSR count). The Morgan fingerprint density at radius 1 is 0.909 bits per heavy atom. The summed E-state index contributed by atoms with van der Waals surface area (Å²) in [7, 11) is 0. The highest BCUT2D eigenvalue weighted by Crippen LogP contribution is 2.46. The normalized spacial score (nSPS) is 12.9. The quantitative estimate of drug-likeness (QED) is 0.832. The van der Waals surface area contributed by atoms with Crippen molar-refractivity contribution in [1.29, 1.82) is 0 Å². The smallest absolute Gasteiger partial charge is 0.366 e.